The number of aliphatic hydroxyl groups excluding tert-OH is 1. The lowest BCUT2D eigenvalue weighted by Gasteiger charge is -2.29. The Morgan fingerprint density at radius 2 is 2.00 bits per heavy atom. The zero-order valence-corrected chi connectivity index (χ0v) is 7.49. The third kappa shape index (κ3) is 1.77. The van der Waals surface area contributed by atoms with Crippen LogP contribution in [0.25, 0.3) is 0 Å². The van der Waals surface area contributed by atoms with E-state index in [4.69, 9.17) is 9.47 Å². The fraction of sp³-hybridized carbons (Fsp3) is 1.00. The molecule has 1 fully saturated rings. The van der Waals surface area contributed by atoms with Gasteiger partial charge in [0.15, 0.2) is 6.29 Å². The van der Waals surface area contributed by atoms with Gasteiger partial charge in [-0.3, -0.25) is 0 Å². The molecule has 4 nitrogen and oxygen atoms in total. The number of rotatable bonds is 3. The predicted molar refractivity (Wildman–Crippen MR) is 42.6 cm³/mol. The van der Waals surface area contributed by atoms with Crippen LogP contribution in [0.5, 0.6) is 0 Å². The summed E-state index contributed by atoms with van der Waals surface area (Å²) < 4.78 is 9.90. The molecular weight excluding hydrogens is 160 g/mol. The van der Waals surface area contributed by atoms with Crippen molar-refractivity contribution in [3.05, 3.63) is 0 Å². The first-order valence-corrected chi connectivity index (χ1v) is 4.08. The molecule has 0 aromatic rings. The third-order valence-corrected chi connectivity index (χ3v) is 2.37. The summed E-state index contributed by atoms with van der Waals surface area (Å²) in [5, 5.41) is 19.1. The number of methoxy groups -OCH3 is 2. The molecule has 0 aliphatic heterocycles. The van der Waals surface area contributed by atoms with Crippen LogP contribution in [0.3, 0.4) is 0 Å². The normalized spacial score (nSPS) is 36.2. The first kappa shape index (κ1) is 9.92. The van der Waals surface area contributed by atoms with E-state index >= 15 is 0 Å². The van der Waals surface area contributed by atoms with Crippen molar-refractivity contribution < 1.29 is 19.7 Å². The number of ether oxygens (including phenoxy) is 2. The van der Waals surface area contributed by atoms with Gasteiger partial charge in [0.25, 0.3) is 0 Å². The Kier molecular flexibility index (Phi) is 3.06. The Hall–Kier alpha value is -0.160. The van der Waals surface area contributed by atoms with Gasteiger partial charge < -0.3 is 19.7 Å². The van der Waals surface area contributed by atoms with Crippen molar-refractivity contribution in [1.82, 2.24) is 0 Å². The number of hydrogen-bond donors (Lipinski definition) is 2. The molecule has 0 spiro atoms. The van der Waals surface area contributed by atoms with Gasteiger partial charge >= 0.3 is 0 Å². The van der Waals surface area contributed by atoms with Crippen LogP contribution in [0.15, 0.2) is 0 Å². The molecule has 0 amide bonds. The van der Waals surface area contributed by atoms with E-state index in [1.165, 1.54) is 14.2 Å². The van der Waals surface area contributed by atoms with Crippen LogP contribution in [0.2, 0.25) is 0 Å². The van der Waals surface area contributed by atoms with Gasteiger partial charge in [-0.1, -0.05) is 0 Å². The van der Waals surface area contributed by atoms with Crippen LogP contribution in [0.1, 0.15) is 19.3 Å². The predicted octanol–water partition coefficient (Wildman–Crippen LogP) is -0.119. The molecular formula is C8H16O4. The van der Waals surface area contributed by atoms with Crippen molar-refractivity contribution >= 4 is 0 Å². The summed E-state index contributed by atoms with van der Waals surface area (Å²) in [5.74, 6) is 0. The molecule has 0 bridgehead atoms. The minimum atomic E-state index is -1.01. The molecule has 1 rings (SSSR count). The molecule has 0 aromatic carbocycles. The zero-order chi connectivity index (χ0) is 9.19. The van der Waals surface area contributed by atoms with E-state index in [2.05, 4.69) is 0 Å². The lowest BCUT2D eigenvalue weighted by Crippen LogP contribution is -2.42. The molecule has 4 heteroatoms. The molecule has 2 N–H and O–H groups in total. The molecule has 1 aliphatic carbocycles. The minimum Gasteiger partial charge on any atom is -0.393 e. The topological polar surface area (TPSA) is 58.9 Å². The van der Waals surface area contributed by atoms with Gasteiger partial charge in [-0.15, -0.1) is 0 Å². The molecule has 2 atom stereocenters. The van der Waals surface area contributed by atoms with Crippen molar-refractivity contribution in [2.45, 2.75) is 37.3 Å². The highest BCUT2D eigenvalue weighted by molar-refractivity contribution is 4.91. The summed E-state index contributed by atoms with van der Waals surface area (Å²) in [6.07, 6.45) is 0.414. The largest absolute Gasteiger partial charge is 0.393 e. The fourth-order valence-electron chi connectivity index (χ4n) is 1.78. The summed E-state index contributed by atoms with van der Waals surface area (Å²) in [6.45, 7) is 0. The van der Waals surface area contributed by atoms with Gasteiger partial charge in [-0.05, 0) is 12.8 Å². The van der Waals surface area contributed by atoms with Gasteiger partial charge in [0.05, 0.1) is 6.10 Å². The molecule has 1 saturated carbocycles. The maximum Gasteiger partial charge on any atom is 0.185 e. The Labute approximate surface area is 72.1 Å². The van der Waals surface area contributed by atoms with Crippen LogP contribution in [-0.4, -0.2) is 42.4 Å². The first-order valence-electron chi connectivity index (χ1n) is 4.08. The van der Waals surface area contributed by atoms with Crippen molar-refractivity contribution in [3.8, 4) is 0 Å². The van der Waals surface area contributed by atoms with Crippen molar-refractivity contribution in [2.24, 2.45) is 0 Å². The highest BCUT2D eigenvalue weighted by Crippen LogP contribution is 2.34. The summed E-state index contributed by atoms with van der Waals surface area (Å²) in [5.41, 5.74) is -1.01. The Morgan fingerprint density at radius 1 is 1.42 bits per heavy atom. The van der Waals surface area contributed by atoms with E-state index in [0.29, 0.717) is 19.3 Å². The quantitative estimate of drug-likeness (QED) is 0.589. The Balaban J connectivity index is 2.58. The van der Waals surface area contributed by atoms with E-state index in [9.17, 15) is 10.2 Å². The SMILES string of the molecule is COC(OC)[C@]1(O)CC[C@@H](O)C1. The van der Waals surface area contributed by atoms with Crippen LogP contribution in [0, 0.1) is 0 Å². The van der Waals surface area contributed by atoms with Gasteiger partial charge in [0, 0.05) is 20.6 Å². The maximum atomic E-state index is 9.91. The molecule has 12 heavy (non-hydrogen) atoms. The first-order chi connectivity index (χ1) is 5.62. The van der Waals surface area contributed by atoms with Crippen LogP contribution in [-0.2, 0) is 9.47 Å². The van der Waals surface area contributed by atoms with E-state index < -0.39 is 18.0 Å². The monoisotopic (exact) mass is 176 g/mol. The van der Waals surface area contributed by atoms with Gasteiger partial charge in [0.2, 0.25) is 0 Å². The summed E-state index contributed by atoms with van der Waals surface area (Å²) >= 11 is 0. The van der Waals surface area contributed by atoms with Gasteiger partial charge in [-0.2, -0.15) is 0 Å². The lowest BCUT2D eigenvalue weighted by atomic mass is 10.0. The van der Waals surface area contributed by atoms with Crippen molar-refractivity contribution in [2.75, 3.05) is 14.2 Å². The maximum absolute atomic E-state index is 9.91. The number of hydrogen-bond acceptors (Lipinski definition) is 4. The highest BCUT2D eigenvalue weighted by Gasteiger charge is 2.43. The summed E-state index contributed by atoms with van der Waals surface area (Å²) in [4.78, 5) is 0. The molecule has 0 heterocycles. The van der Waals surface area contributed by atoms with Crippen molar-refractivity contribution in [3.63, 3.8) is 0 Å². The fourth-order valence-corrected chi connectivity index (χ4v) is 1.78. The second-order valence-corrected chi connectivity index (χ2v) is 3.30. The van der Waals surface area contributed by atoms with Crippen LogP contribution < -0.4 is 0 Å². The zero-order valence-electron chi connectivity index (χ0n) is 7.49. The van der Waals surface area contributed by atoms with Gasteiger partial charge in [0.1, 0.15) is 5.60 Å². The second kappa shape index (κ2) is 3.70. The lowest BCUT2D eigenvalue weighted by molar-refractivity contribution is -0.214. The molecule has 1 aliphatic rings. The molecule has 0 aromatic heterocycles. The summed E-state index contributed by atoms with van der Waals surface area (Å²) in [6, 6.07) is 0. The third-order valence-electron chi connectivity index (χ3n) is 2.37. The minimum absolute atomic E-state index is 0.333. The van der Waals surface area contributed by atoms with E-state index in [-0.39, 0.29) is 0 Å². The standard InChI is InChI=1S/C8H16O4/c1-11-7(12-2)8(10)4-3-6(9)5-8/h6-7,9-10H,3-5H2,1-2H3/t6-,8+/m1/s1. The molecule has 0 saturated heterocycles. The van der Waals surface area contributed by atoms with Gasteiger partial charge in [-0.25, -0.2) is 0 Å². The molecule has 0 unspecified atom stereocenters. The molecule has 0 radical (unpaired) electrons. The average Bonchev–Trinajstić information content (AvgIpc) is 2.34. The Bertz CT molecular complexity index is 146. The smallest absolute Gasteiger partial charge is 0.185 e. The van der Waals surface area contributed by atoms with Crippen LogP contribution in [0.4, 0.5) is 0 Å². The van der Waals surface area contributed by atoms with Crippen LogP contribution >= 0.6 is 0 Å². The Morgan fingerprint density at radius 3 is 2.33 bits per heavy atom. The molecule has 72 valence electrons. The van der Waals surface area contributed by atoms with E-state index in [0.717, 1.165) is 0 Å². The van der Waals surface area contributed by atoms with E-state index in [1.807, 2.05) is 0 Å². The van der Waals surface area contributed by atoms with E-state index in [1.54, 1.807) is 0 Å². The number of aliphatic hydroxyl groups is 2. The second-order valence-electron chi connectivity index (χ2n) is 3.30. The average molecular weight is 176 g/mol. The highest BCUT2D eigenvalue weighted by atomic mass is 16.7. The van der Waals surface area contributed by atoms with Crippen molar-refractivity contribution in [1.29, 1.82) is 0 Å². The summed E-state index contributed by atoms with van der Waals surface area (Å²) in [7, 11) is 2.97.